The Morgan fingerprint density at radius 1 is 1.04 bits per heavy atom. The molecule has 0 saturated heterocycles. The van der Waals surface area contributed by atoms with Gasteiger partial charge in [0.15, 0.2) is 10.3 Å². The predicted octanol–water partition coefficient (Wildman–Crippen LogP) is 4.12. The summed E-state index contributed by atoms with van der Waals surface area (Å²) in [6.45, 7) is 0. The maximum absolute atomic E-state index is 13.7. The van der Waals surface area contributed by atoms with Gasteiger partial charge in [-0.05, 0) is 36.4 Å². The summed E-state index contributed by atoms with van der Waals surface area (Å²) in [5, 5.41) is 0.414. The van der Waals surface area contributed by atoms with E-state index < -0.39 is 20.7 Å². The summed E-state index contributed by atoms with van der Waals surface area (Å²) < 4.78 is 42.0. The first-order chi connectivity index (χ1) is 11.4. The van der Waals surface area contributed by atoms with Crippen LogP contribution in [0.3, 0.4) is 0 Å². The number of anilines is 1. The van der Waals surface area contributed by atoms with Crippen molar-refractivity contribution in [1.29, 1.82) is 0 Å². The second kappa shape index (κ2) is 6.43. The quantitative estimate of drug-likeness (QED) is 0.734. The molecule has 1 heterocycles. The summed E-state index contributed by atoms with van der Waals surface area (Å²) >= 11 is 11.8. The van der Waals surface area contributed by atoms with Crippen molar-refractivity contribution in [3.8, 4) is 5.69 Å². The number of hydrogen-bond donors (Lipinski definition) is 1. The average Bonchev–Trinajstić information content (AvgIpc) is 2.88. The summed E-state index contributed by atoms with van der Waals surface area (Å²) in [7, 11) is -4.02. The monoisotopic (exact) mass is 385 g/mol. The highest BCUT2D eigenvalue weighted by Crippen LogP contribution is 2.25. The number of nitrogens with one attached hydrogen (secondary N) is 1. The number of hydrogen-bond acceptors (Lipinski definition) is 3. The molecule has 0 spiro atoms. The number of imidazole rings is 1. The Bertz CT molecular complexity index is 988. The number of halogens is 3. The van der Waals surface area contributed by atoms with Crippen molar-refractivity contribution in [2.75, 3.05) is 4.72 Å². The van der Waals surface area contributed by atoms with Crippen molar-refractivity contribution in [1.82, 2.24) is 9.55 Å². The zero-order valence-electron chi connectivity index (χ0n) is 11.9. The van der Waals surface area contributed by atoms with Crippen LogP contribution in [0, 0.1) is 5.82 Å². The minimum Gasteiger partial charge on any atom is -0.288 e. The molecule has 0 amide bonds. The van der Waals surface area contributed by atoms with Crippen molar-refractivity contribution in [3.63, 3.8) is 0 Å². The molecule has 3 aromatic rings. The van der Waals surface area contributed by atoms with Crippen LogP contribution in [0.4, 0.5) is 10.1 Å². The fraction of sp³-hybridized carbons (Fsp3) is 0. The van der Waals surface area contributed by atoms with E-state index in [2.05, 4.69) is 9.71 Å². The molecule has 124 valence electrons. The highest BCUT2D eigenvalue weighted by Gasteiger charge is 2.18. The Balaban J connectivity index is 1.87. The Morgan fingerprint density at radius 3 is 2.29 bits per heavy atom. The van der Waals surface area contributed by atoms with Crippen molar-refractivity contribution in [2.24, 2.45) is 0 Å². The van der Waals surface area contributed by atoms with Gasteiger partial charge in [-0.2, -0.15) is 0 Å². The summed E-state index contributed by atoms with van der Waals surface area (Å²) in [6, 6.07) is 11.5. The van der Waals surface area contributed by atoms with Crippen LogP contribution in [-0.4, -0.2) is 18.0 Å². The van der Waals surface area contributed by atoms with Crippen molar-refractivity contribution in [3.05, 3.63) is 71.0 Å². The van der Waals surface area contributed by atoms with Gasteiger partial charge in [0.05, 0.1) is 0 Å². The number of aromatic nitrogens is 2. The molecule has 0 aliphatic heterocycles. The summed E-state index contributed by atoms with van der Waals surface area (Å²) in [5.41, 5.74) is 0.928. The summed E-state index contributed by atoms with van der Waals surface area (Å²) in [5.74, 6) is -0.818. The van der Waals surface area contributed by atoms with Crippen LogP contribution in [0.5, 0.6) is 0 Å². The van der Waals surface area contributed by atoms with E-state index in [1.165, 1.54) is 36.7 Å². The third-order valence-electron chi connectivity index (χ3n) is 3.19. The summed E-state index contributed by atoms with van der Waals surface area (Å²) in [4.78, 5) is 3.45. The van der Waals surface area contributed by atoms with Crippen LogP contribution in [0.25, 0.3) is 5.69 Å². The molecule has 9 heteroatoms. The van der Waals surface area contributed by atoms with Crippen LogP contribution in [-0.2, 0) is 10.0 Å². The molecule has 2 aromatic carbocycles. The molecule has 1 aromatic heterocycles. The fourth-order valence-electron chi connectivity index (χ4n) is 2.05. The topological polar surface area (TPSA) is 64.0 Å². The Kier molecular flexibility index (Phi) is 4.49. The van der Waals surface area contributed by atoms with Gasteiger partial charge in [-0.3, -0.25) is 9.29 Å². The first-order valence-corrected chi connectivity index (χ1v) is 8.88. The van der Waals surface area contributed by atoms with Gasteiger partial charge in [0.2, 0.25) is 0 Å². The molecule has 3 rings (SSSR count). The molecule has 0 radical (unpaired) electrons. The zero-order chi connectivity index (χ0) is 17.3. The van der Waals surface area contributed by atoms with Crippen LogP contribution >= 0.6 is 23.2 Å². The van der Waals surface area contributed by atoms with Gasteiger partial charge >= 0.3 is 0 Å². The second-order valence-corrected chi connectivity index (χ2v) is 7.15. The molecule has 0 saturated carbocycles. The van der Waals surface area contributed by atoms with Gasteiger partial charge in [-0.1, -0.05) is 35.3 Å². The first-order valence-electron chi connectivity index (χ1n) is 6.64. The minimum absolute atomic E-state index is 0.168. The van der Waals surface area contributed by atoms with Crippen molar-refractivity contribution >= 4 is 38.9 Å². The smallest absolute Gasteiger partial charge is 0.264 e. The molecule has 5 nitrogen and oxygen atoms in total. The standard InChI is InChI=1S/C15H10Cl2FN3O2S/c16-14-15(17)21(9-19-14)11-7-5-10(6-8-11)20-24(22,23)13-4-2-1-3-12(13)18/h1-9,20H. The SMILES string of the molecule is O=S(=O)(Nc1ccc(-n2cnc(Cl)c2Cl)cc1)c1ccccc1F. The maximum Gasteiger partial charge on any atom is 0.264 e. The van der Waals surface area contributed by atoms with E-state index in [9.17, 15) is 12.8 Å². The molecule has 0 unspecified atom stereocenters. The van der Waals surface area contributed by atoms with Crippen molar-refractivity contribution in [2.45, 2.75) is 4.90 Å². The average molecular weight is 386 g/mol. The second-order valence-electron chi connectivity index (χ2n) is 4.78. The van der Waals surface area contributed by atoms with E-state index in [0.29, 0.717) is 5.69 Å². The molecule has 0 aliphatic carbocycles. The van der Waals surface area contributed by atoms with E-state index >= 15 is 0 Å². The number of benzene rings is 2. The highest BCUT2D eigenvalue weighted by atomic mass is 35.5. The van der Waals surface area contributed by atoms with Gasteiger partial charge in [0, 0.05) is 11.4 Å². The van der Waals surface area contributed by atoms with E-state index in [-0.39, 0.29) is 16.0 Å². The Morgan fingerprint density at radius 2 is 1.71 bits per heavy atom. The maximum atomic E-state index is 13.7. The molecule has 0 bridgehead atoms. The lowest BCUT2D eigenvalue weighted by atomic mass is 10.3. The molecule has 0 fully saturated rings. The molecule has 0 atom stereocenters. The number of nitrogens with zero attached hydrogens (tertiary/aromatic N) is 2. The minimum atomic E-state index is -4.02. The lowest BCUT2D eigenvalue weighted by Crippen LogP contribution is -2.14. The normalized spacial score (nSPS) is 11.5. The molecular weight excluding hydrogens is 376 g/mol. The predicted molar refractivity (Wildman–Crippen MR) is 90.8 cm³/mol. The molecular formula is C15H10Cl2FN3O2S. The van der Waals surface area contributed by atoms with E-state index in [1.54, 1.807) is 16.7 Å². The molecule has 24 heavy (non-hydrogen) atoms. The first kappa shape index (κ1) is 16.8. The van der Waals surface area contributed by atoms with Gasteiger partial charge in [0.1, 0.15) is 17.0 Å². The van der Waals surface area contributed by atoms with Gasteiger partial charge in [0.25, 0.3) is 10.0 Å². The van der Waals surface area contributed by atoms with Crippen LogP contribution < -0.4 is 4.72 Å². The van der Waals surface area contributed by atoms with E-state index in [0.717, 1.165) is 6.07 Å². The Labute approximate surface area is 147 Å². The van der Waals surface area contributed by atoms with Gasteiger partial charge < -0.3 is 0 Å². The molecule has 0 aliphatic rings. The largest absolute Gasteiger partial charge is 0.288 e. The van der Waals surface area contributed by atoms with Gasteiger partial charge in [-0.15, -0.1) is 0 Å². The third-order valence-corrected chi connectivity index (χ3v) is 5.34. The lowest BCUT2D eigenvalue weighted by molar-refractivity contribution is 0.570. The lowest BCUT2D eigenvalue weighted by Gasteiger charge is -2.10. The van der Waals surface area contributed by atoms with Crippen LogP contribution in [0.2, 0.25) is 10.3 Å². The fourth-order valence-corrected chi connectivity index (χ4v) is 3.52. The number of sulfonamides is 1. The van der Waals surface area contributed by atoms with Crippen LogP contribution in [0.1, 0.15) is 0 Å². The Hall–Kier alpha value is -2.09. The van der Waals surface area contributed by atoms with Crippen LogP contribution in [0.15, 0.2) is 59.8 Å². The van der Waals surface area contributed by atoms with E-state index in [4.69, 9.17) is 23.2 Å². The summed E-state index contributed by atoms with van der Waals surface area (Å²) in [6.07, 6.45) is 1.45. The zero-order valence-corrected chi connectivity index (χ0v) is 14.3. The van der Waals surface area contributed by atoms with Gasteiger partial charge in [-0.25, -0.2) is 17.8 Å². The van der Waals surface area contributed by atoms with Crippen molar-refractivity contribution < 1.29 is 12.8 Å². The van der Waals surface area contributed by atoms with E-state index in [1.807, 2.05) is 0 Å². The third kappa shape index (κ3) is 3.24. The highest BCUT2D eigenvalue weighted by molar-refractivity contribution is 7.92. The number of rotatable bonds is 4. The molecule has 1 N–H and O–H groups in total.